The van der Waals surface area contributed by atoms with E-state index in [-0.39, 0.29) is 11.9 Å². The predicted molar refractivity (Wildman–Crippen MR) is 94.2 cm³/mol. The molecule has 0 fully saturated rings. The Labute approximate surface area is 151 Å². The molecule has 0 unspecified atom stereocenters. The van der Waals surface area contributed by atoms with Crippen LogP contribution in [-0.2, 0) is 13.0 Å². The van der Waals surface area contributed by atoms with Gasteiger partial charge in [-0.3, -0.25) is 4.90 Å². The van der Waals surface area contributed by atoms with E-state index in [0.717, 1.165) is 13.0 Å². The Morgan fingerprint density at radius 2 is 1.88 bits per heavy atom. The molecule has 2 aromatic carbocycles. The first-order chi connectivity index (χ1) is 12.7. The van der Waals surface area contributed by atoms with Crippen molar-refractivity contribution in [3.05, 3.63) is 77.3 Å². The van der Waals surface area contributed by atoms with E-state index in [9.17, 15) is 4.39 Å². The zero-order chi connectivity index (χ0) is 17.9. The van der Waals surface area contributed by atoms with Gasteiger partial charge in [-0.1, -0.05) is 24.3 Å². The zero-order valence-electron chi connectivity index (χ0n) is 14.6. The second-order valence-corrected chi connectivity index (χ2v) is 6.42. The van der Waals surface area contributed by atoms with Gasteiger partial charge < -0.3 is 9.15 Å². The van der Waals surface area contributed by atoms with Gasteiger partial charge in [-0.05, 0) is 41.8 Å². The molecule has 0 amide bonds. The number of hydrogen-bond acceptors (Lipinski definition) is 5. The molecule has 1 aromatic heterocycles. The van der Waals surface area contributed by atoms with Crippen LogP contribution in [0.1, 0.15) is 29.0 Å². The van der Waals surface area contributed by atoms with Crippen molar-refractivity contribution in [2.24, 2.45) is 0 Å². The molecule has 0 saturated carbocycles. The summed E-state index contributed by atoms with van der Waals surface area (Å²) >= 11 is 0. The van der Waals surface area contributed by atoms with Gasteiger partial charge in [0.1, 0.15) is 18.2 Å². The average molecular weight is 353 g/mol. The number of nitrogens with zero attached hydrogens (tertiary/aromatic N) is 3. The van der Waals surface area contributed by atoms with Crippen LogP contribution in [0.4, 0.5) is 4.39 Å². The Hall–Kier alpha value is -2.73. The number of halogens is 1. The quantitative estimate of drug-likeness (QED) is 0.700. The molecule has 5 nitrogen and oxygen atoms in total. The van der Waals surface area contributed by atoms with Crippen molar-refractivity contribution in [2.45, 2.75) is 25.9 Å². The number of ether oxygens (including phenoxy) is 1. The third kappa shape index (κ3) is 3.60. The topological polar surface area (TPSA) is 51.4 Å². The molecule has 0 bridgehead atoms. The highest BCUT2D eigenvalue weighted by Crippen LogP contribution is 2.32. The van der Waals surface area contributed by atoms with E-state index in [1.54, 1.807) is 19.1 Å². The van der Waals surface area contributed by atoms with Crippen molar-refractivity contribution < 1.29 is 13.5 Å². The zero-order valence-corrected chi connectivity index (χ0v) is 14.6. The summed E-state index contributed by atoms with van der Waals surface area (Å²) in [4.78, 5) is 2.29. The maximum atomic E-state index is 13.0. The fraction of sp³-hybridized carbons (Fsp3) is 0.300. The fourth-order valence-corrected chi connectivity index (χ4v) is 3.31. The second-order valence-electron chi connectivity index (χ2n) is 6.42. The number of benzene rings is 2. The molecule has 0 spiro atoms. The first-order valence-electron chi connectivity index (χ1n) is 8.68. The number of aromatic nitrogens is 2. The molecule has 0 radical (unpaired) electrons. The van der Waals surface area contributed by atoms with Crippen molar-refractivity contribution in [3.8, 4) is 5.75 Å². The van der Waals surface area contributed by atoms with E-state index in [0.29, 0.717) is 30.7 Å². The summed E-state index contributed by atoms with van der Waals surface area (Å²) in [7, 11) is 0. The molecule has 0 N–H and O–H groups in total. The van der Waals surface area contributed by atoms with E-state index >= 15 is 0 Å². The van der Waals surface area contributed by atoms with Crippen LogP contribution in [0, 0.1) is 12.7 Å². The smallest absolute Gasteiger partial charge is 0.233 e. The second kappa shape index (κ2) is 7.25. The Morgan fingerprint density at radius 1 is 1.12 bits per heavy atom. The summed E-state index contributed by atoms with van der Waals surface area (Å²) in [5.41, 5.74) is 2.62. The molecule has 1 aliphatic rings. The molecule has 4 rings (SSSR count). The van der Waals surface area contributed by atoms with Crippen LogP contribution in [0.3, 0.4) is 0 Å². The minimum atomic E-state index is -0.267. The molecule has 6 heteroatoms. The molecular weight excluding hydrogens is 333 g/mol. The van der Waals surface area contributed by atoms with Crippen LogP contribution >= 0.6 is 0 Å². The highest BCUT2D eigenvalue weighted by atomic mass is 19.1. The van der Waals surface area contributed by atoms with Crippen LogP contribution < -0.4 is 4.74 Å². The standard InChI is InChI=1S/C20H20FN3O2/c1-14-22-23-20(26-14)19-12-15-4-2-3-5-16(15)13-24(19)10-11-25-18-8-6-17(21)7-9-18/h2-9,19H,10-13H2,1H3/t19-/m0/s1. The molecule has 0 saturated heterocycles. The summed E-state index contributed by atoms with van der Waals surface area (Å²) in [6, 6.07) is 14.5. The summed E-state index contributed by atoms with van der Waals surface area (Å²) < 4.78 is 24.5. The molecule has 3 aromatic rings. The van der Waals surface area contributed by atoms with E-state index in [2.05, 4.69) is 39.4 Å². The van der Waals surface area contributed by atoms with Gasteiger partial charge >= 0.3 is 0 Å². The van der Waals surface area contributed by atoms with E-state index in [4.69, 9.17) is 9.15 Å². The van der Waals surface area contributed by atoms with Crippen LogP contribution in [0.2, 0.25) is 0 Å². The van der Waals surface area contributed by atoms with Crippen molar-refractivity contribution in [1.29, 1.82) is 0 Å². The molecule has 134 valence electrons. The van der Waals surface area contributed by atoms with Crippen molar-refractivity contribution >= 4 is 0 Å². The SMILES string of the molecule is Cc1nnc([C@@H]2Cc3ccccc3CN2CCOc2ccc(F)cc2)o1. The van der Waals surface area contributed by atoms with E-state index < -0.39 is 0 Å². The van der Waals surface area contributed by atoms with Crippen LogP contribution in [0.25, 0.3) is 0 Å². The summed E-state index contributed by atoms with van der Waals surface area (Å²) in [6.45, 7) is 3.81. The third-order valence-corrected chi connectivity index (χ3v) is 4.63. The number of fused-ring (bicyclic) bond motifs is 1. The third-order valence-electron chi connectivity index (χ3n) is 4.63. The van der Waals surface area contributed by atoms with Crippen molar-refractivity contribution in [2.75, 3.05) is 13.2 Å². The van der Waals surface area contributed by atoms with Crippen LogP contribution in [0.5, 0.6) is 5.75 Å². The van der Waals surface area contributed by atoms with Gasteiger partial charge in [0.2, 0.25) is 11.8 Å². The van der Waals surface area contributed by atoms with Gasteiger partial charge in [0.05, 0.1) is 6.04 Å². The molecule has 1 aliphatic heterocycles. The van der Waals surface area contributed by atoms with Gasteiger partial charge in [-0.25, -0.2) is 4.39 Å². The maximum Gasteiger partial charge on any atom is 0.233 e. The predicted octanol–water partition coefficient (Wildman–Crippen LogP) is 3.70. The van der Waals surface area contributed by atoms with Gasteiger partial charge in [0, 0.05) is 20.0 Å². The molecule has 26 heavy (non-hydrogen) atoms. The molecular formula is C20H20FN3O2. The lowest BCUT2D eigenvalue weighted by Gasteiger charge is -2.34. The summed E-state index contributed by atoms with van der Waals surface area (Å²) in [5, 5.41) is 8.21. The number of hydrogen-bond donors (Lipinski definition) is 0. The highest BCUT2D eigenvalue weighted by Gasteiger charge is 2.30. The van der Waals surface area contributed by atoms with Crippen molar-refractivity contribution in [1.82, 2.24) is 15.1 Å². The minimum absolute atomic E-state index is 0.0305. The Balaban J connectivity index is 1.48. The normalized spacial score (nSPS) is 17.1. The lowest BCUT2D eigenvalue weighted by atomic mass is 9.94. The van der Waals surface area contributed by atoms with Gasteiger partial charge in [0.25, 0.3) is 0 Å². The lowest BCUT2D eigenvalue weighted by molar-refractivity contribution is 0.120. The average Bonchev–Trinajstić information content (AvgIpc) is 3.09. The highest BCUT2D eigenvalue weighted by molar-refractivity contribution is 5.31. The largest absolute Gasteiger partial charge is 0.492 e. The Morgan fingerprint density at radius 3 is 2.62 bits per heavy atom. The monoisotopic (exact) mass is 353 g/mol. The first kappa shape index (κ1) is 16.7. The van der Waals surface area contributed by atoms with Gasteiger partial charge in [-0.15, -0.1) is 10.2 Å². The lowest BCUT2D eigenvalue weighted by Crippen LogP contribution is -2.37. The van der Waals surface area contributed by atoms with Gasteiger partial charge in [0.15, 0.2) is 0 Å². The first-order valence-corrected chi connectivity index (χ1v) is 8.68. The van der Waals surface area contributed by atoms with Crippen LogP contribution in [-0.4, -0.2) is 28.2 Å². The van der Waals surface area contributed by atoms with Gasteiger partial charge in [-0.2, -0.15) is 0 Å². The van der Waals surface area contributed by atoms with E-state index in [1.807, 2.05) is 0 Å². The number of aryl methyl sites for hydroxylation is 1. The molecule has 0 aliphatic carbocycles. The summed E-state index contributed by atoms with van der Waals surface area (Å²) in [5.74, 6) is 1.60. The fourth-order valence-electron chi connectivity index (χ4n) is 3.31. The van der Waals surface area contributed by atoms with E-state index in [1.165, 1.54) is 23.3 Å². The Bertz CT molecular complexity index is 879. The molecule has 1 atom stereocenters. The molecule has 2 heterocycles. The van der Waals surface area contributed by atoms with Crippen LogP contribution in [0.15, 0.2) is 52.9 Å². The Kier molecular flexibility index (Phi) is 4.67. The maximum absolute atomic E-state index is 13.0. The summed E-state index contributed by atoms with van der Waals surface area (Å²) in [6.07, 6.45) is 0.828. The van der Waals surface area contributed by atoms with Crippen molar-refractivity contribution in [3.63, 3.8) is 0 Å². The minimum Gasteiger partial charge on any atom is -0.492 e. The number of rotatable bonds is 5.